The Morgan fingerprint density at radius 2 is 1.85 bits per heavy atom. The lowest BCUT2D eigenvalue weighted by Crippen LogP contribution is -2.53. The van der Waals surface area contributed by atoms with Crippen molar-refractivity contribution in [1.29, 1.82) is 0 Å². The van der Waals surface area contributed by atoms with E-state index in [4.69, 9.17) is 5.73 Å². The number of fused-ring (bicyclic) bond motifs is 1. The van der Waals surface area contributed by atoms with E-state index in [9.17, 15) is 13.2 Å². The lowest BCUT2D eigenvalue weighted by Gasteiger charge is -2.24. The van der Waals surface area contributed by atoms with Gasteiger partial charge in [0.25, 0.3) is 0 Å². The molecule has 4 atom stereocenters. The van der Waals surface area contributed by atoms with Crippen molar-refractivity contribution >= 4 is 0 Å². The Kier molecular flexibility index (Phi) is 3.43. The summed E-state index contributed by atoms with van der Waals surface area (Å²) in [7, 11) is 0. The van der Waals surface area contributed by atoms with Crippen molar-refractivity contribution in [3.8, 4) is 0 Å². The number of hydrazine groups is 2. The van der Waals surface area contributed by atoms with Crippen LogP contribution < -0.4 is 22.0 Å². The highest BCUT2D eigenvalue weighted by molar-refractivity contribution is 5.15. The smallest absolute Gasteiger partial charge is 0.315 e. The zero-order chi connectivity index (χ0) is 14.3. The third-order valence-corrected chi connectivity index (χ3v) is 3.75. The lowest BCUT2D eigenvalue weighted by atomic mass is 9.97. The van der Waals surface area contributed by atoms with Gasteiger partial charge in [-0.05, 0) is 5.56 Å². The number of nitrogens with one attached hydrogen (secondary N) is 3. The molecule has 5 N–H and O–H groups in total. The van der Waals surface area contributed by atoms with Crippen molar-refractivity contribution in [3.63, 3.8) is 0 Å². The highest BCUT2D eigenvalue weighted by atomic mass is 19.4. The molecule has 0 aromatic heterocycles. The number of benzene rings is 1. The van der Waals surface area contributed by atoms with Crippen molar-refractivity contribution in [2.45, 2.75) is 31.1 Å². The fraction of sp³-hybridized carbons (Fsp3) is 0.500. The molecule has 5 nitrogen and oxygen atoms in total. The highest BCUT2D eigenvalue weighted by Crippen LogP contribution is 2.36. The summed E-state index contributed by atoms with van der Waals surface area (Å²) < 4.78 is 39.3. The second kappa shape index (κ2) is 4.97. The largest absolute Gasteiger partial charge is 0.405 e. The topological polar surface area (TPSA) is 65.3 Å². The highest BCUT2D eigenvalue weighted by Gasteiger charge is 2.58. The van der Waals surface area contributed by atoms with Crippen LogP contribution in [0.1, 0.15) is 5.56 Å². The van der Waals surface area contributed by atoms with E-state index in [2.05, 4.69) is 16.3 Å². The van der Waals surface area contributed by atoms with Crippen LogP contribution in [-0.2, 0) is 6.54 Å². The monoisotopic (exact) mass is 287 g/mol. The van der Waals surface area contributed by atoms with Gasteiger partial charge in [-0.15, -0.1) is 0 Å². The fourth-order valence-corrected chi connectivity index (χ4v) is 2.81. The average Bonchev–Trinajstić information content (AvgIpc) is 2.93. The summed E-state index contributed by atoms with van der Waals surface area (Å²) in [5.74, 6) is -0.765. The maximum atomic E-state index is 13.1. The summed E-state index contributed by atoms with van der Waals surface area (Å²) in [6, 6.07) is 7.69. The first-order valence-electron chi connectivity index (χ1n) is 6.37. The molecule has 0 bridgehead atoms. The fourth-order valence-electron chi connectivity index (χ4n) is 2.81. The minimum absolute atomic E-state index is 0.371. The second-order valence-electron chi connectivity index (χ2n) is 5.10. The third kappa shape index (κ3) is 2.40. The van der Waals surface area contributed by atoms with Gasteiger partial charge in [0, 0.05) is 12.5 Å². The molecule has 0 spiro atoms. The molecule has 2 aliphatic rings. The molecule has 0 radical (unpaired) electrons. The Balaban J connectivity index is 1.80. The van der Waals surface area contributed by atoms with E-state index in [1.54, 1.807) is 5.01 Å². The molecule has 20 heavy (non-hydrogen) atoms. The van der Waals surface area contributed by atoms with Crippen molar-refractivity contribution in [3.05, 3.63) is 35.9 Å². The van der Waals surface area contributed by atoms with Gasteiger partial charge in [-0.3, -0.25) is 0 Å². The molecular weight excluding hydrogens is 271 g/mol. The zero-order valence-corrected chi connectivity index (χ0v) is 10.6. The van der Waals surface area contributed by atoms with E-state index in [1.165, 1.54) is 0 Å². The van der Waals surface area contributed by atoms with Crippen LogP contribution in [-0.4, -0.2) is 29.6 Å². The zero-order valence-electron chi connectivity index (χ0n) is 10.6. The van der Waals surface area contributed by atoms with Gasteiger partial charge in [0.2, 0.25) is 0 Å². The molecule has 2 fully saturated rings. The maximum absolute atomic E-state index is 13.1. The van der Waals surface area contributed by atoms with Crippen LogP contribution in [0, 0.1) is 5.92 Å². The molecule has 0 saturated carbocycles. The van der Waals surface area contributed by atoms with E-state index in [-0.39, 0.29) is 0 Å². The van der Waals surface area contributed by atoms with E-state index < -0.39 is 30.5 Å². The van der Waals surface area contributed by atoms with Crippen LogP contribution in [0.5, 0.6) is 0 Å². The molecule has 1 aromatic carbocycles. The summed E-state index contributed by atoms with van der Waals surface area (Å²) in [5, 5.41) is 1.55. The summed E-state index contributed by atoms with van der Waals surface area (Å²) >= 11 is 0. The number of hydrogen-bond donors (Lipinski definition) is 4. The van der Waals surface area contributed by atoms with E-state index >= 15 is 0 Å². The first kappa shape index (κ1) is 13.8. The quantitative estimate of drug-likeness (QED) is 0.629. The van der Waals surface area contributed by atoms with Crippen molar-refractivity contribution in [1.82, 2.24) is 21.3 Å². The molecular formula is C12H16F3N5. The van der Waals surface area contributed by atoms with E-state index in [0.29, 0.717) is 6.54 Å². The number of nitrogens with two attached hydrogens (primary N) is 1. The van der Waals surface area contributed by atoms with Crippen molar-refractivity contribution in [2.24, 2.45) is 11.7 Å². The van der Waals surface area contributed by atoms with E-state index in [1.807, 2.05) is 30.3 Å². The molecule has 4 unspecified atom stereocenters. The molecule has 3 rings (SSSR count). The van der Waals surface area contributed by atoms with Gasteiger partial charge in [0.15, 0.2) is 0 Å². The molecule has 110 valence electrons. The number of halogens is 3. The predicted molar refractivity (Wildman–Crippen MR) is 66.5 cm³/mol. The summed E-state index contributed by atoms with van der Waals surface area (Å²) in [5.41, 5.74) is 14.7. The minimum Gasteiger partial charge on any atom is -0.315 e. The second-order valence-corrected chi connectivity index (χ2v) is 5.10. The molecule has 0 amide bonds. The van der Waals surface area contributed by atoms with Crippen LogP contribution in [0.25, 0.3) is 0 Å². The SMILES string of the molecule is NC1NNC2C1C(C(F)(F)F)NN2Cc1ccccc1. The minimum atomic E-state index is -4.33. The van der Waals surface area contributed by atoms with Crippen LogP contribution in [0.15, 0.2) is 30.3 Å². The average molecular weight is 287 g/mol. The number of hydrogen-bond acceptors (Lipinski definition) is 5. The van der Waals surface area contributed by atoms with Gasteiger partial charge in [-0.2, -0.15) is 13.2 Å². The first-order chi connectivity index (χ1) is 9.47. The van der Waals surface area contributed by atoms with E-state index in [0.717, 1.165) is 5.56 Å². The third-order valence-electron chi connectivity index (χ3n) is 3.75. The lowest BCUT2D eigenvalue weighted by molar-refractivity contribution is -0.166. The van der Waals surface area contributed by atoms with Crippen LogP contribution >= 0.6 is 0 Å². The Labute approximate surface area is 114 Å². The Bertz CT molecular complexity index is 466. The van der Waals surface area contributed by atoms with Crippen LogP contribution in [0.2, 0.25) is 0 Å². The normalized spacial score (nSPS) is 34.4. The van der Waals surface area contributed by atoms with Gasteiger partial charge in [-0.1, -0.05) is 30.3 Å². The molecule has 0 aliphatic carbocycles. The first-order valence-corrected chi connectivity index (χ1v) is 6.37. The number of nitrogens with zero attached hydrogens (tertiary/aromatic N) is 1. The van der Waals surface area contributed by atoms with Gasteiger partial charge in [0.05, 0.1) is 12.3 Å². The van der Waals surface area contributed by atoms with Gasteiger partial charge >= 0.3 is 6.18 Å². The molecule has 2 heterocycles. The van der Waals surface area contributed by atoms with Crippen LogP contribution in [0.4, 0.5) is 13.2 Å². The van der Waals surface area contributed by atoms with Gasteiger partial charge < -0.3 is 5.73 Å². The Morgan fingerprint density at radius 1 is 1.15 bits per heavy atom. The molecule has 2 saturated heterocycles. The molecule has 2 aliphatic heterocycles. The van der Waals surface area contributed by atoms with Crippen molar-refractivity contribution in [2.75, 3.05) is 0 Å². The molecule has 8 heteroatoms. The summed E-state index contributed by atoms with van der Waals surface area (Å²) in [4.78, 5) is 0. The Morgan fingerprint density at radius 3 is 2.50 bits per heavy atom. The maximum Gasteiger partial charge on any atom is 0.405 e. The van der Waals surface area contributed by atoms with Crippen molar-refractivity contribution < 1.29 is 13.2 Å². The predicted octanol–water partition coefficient (Wildman–Crippen LogP) is 0.273. The summed E-state index contributed by atoms with van der Waals surface area (Å²) in [6.45, 7) is 0.371. The molecule has 1 aromatic rings. The van der Waals surface area contributed by atoms with Gasteiger partial charge in [0.1, 0.15) is 6.04 Å². The number of alkyl halides is 3. The Hall–Kier alpha value is -1.19. The summed E-state index contributed by atoms with van der Waals surface area (Å²) in [6.07, 6.45) is -5.56. The number of rotatable bonds is 2. The van der Waals surface area contributed by atoms with Crippen LogP contribution in [0.3, 0.4) is 0 Å². The standard InChI is InChI=1S/C12H16F3N5/c13-12(14,15)9-8-10(16)17-18-11(8)20(19-9)6-7-4-2-1-3-5-7/h1-5,8-11,17-19H,6,16H2. The van der Waals surface area contributed by atoms with Gasteiger partial charge in [-0.25, -0.2) is 21.3 Å².